The third-order valence-corrected chi connectivity index (χ3v) is 2.49. The molecular weight excluding hydrogens is 246 g/mol. The maximum Gasteiger partial charge on any atom is 0.410 e. The number of carbonyl (C=O) groups excluding carboxylic acids is 2. The fourth-order valence-electron chi connectivity index (χ4n) is 1.69. The second kappa shape index (κ2) is 4.72. The van der Waals surface area contributed by atoms with Crippen LogP contribution in [-0.4, -0.2) is 40.7 Å². The summed E-state index contributed by atoms with van der Waals surface area (Å²) in [5.41, 5.74) is -2.09. The fraction of sp³-hybridized carbons (Fsp3) is 0.818. The Kier molecular flexibility index (Phi) is 3.91. The summed E-state index contributed by atoms with van der Waals surface area (Å²) in [5, 5.41) is 0. The van der Waals surface area contributed by atoms with Crippen LogP contribution < -0.4 is 0 Å². The molecule has 0 aromatic heterocycles. The number of halogens is 1. The summed E-state index contributed by atoms with van der Waals surface area (Å²) < 4.78 is 10.2. The summed E-state index contributed by atoms with van der Waals surface area (Å²) in [6.45, 7) is 7.96. The number of amides is 1. The van der Waals surface area contributed by atoms with Gasteiger partial charge in [0.1, 0.15) is 11.2 Å². The standard InChI is InChI=1S/C11H18ClNO4/c1-10(2,3)17-9(15)13-6-5-11(4,7-13)16-8(12)14/h5-7H2,1-4H3/t11-/m0/s1. The van der Waals surface area contributed by atoms with E-state index in [-0.39, 0.29) is 0 Å². The van der Waals surface area contributed by atoms with Crippen molar-refractivity contribution in [2.45, 2.75) is 45.3 Å². The molecule has 0 aromatic carbocycles. The summed E-state index contributed by atoms with van der Waals surface area (Å²) in [7, 11) is 0. The highest BCUT2D eigenvalue weighted by atomic mass is 35.5. The molecule has 0 unspecified atom stereocenters. The minimum absolute atomic E-state index is 0.306. The molecule has 6 heteroatoms. The Balaban J connectivity index is 2.55. The average Bonchev–Trinajstić information content (AvgIpc) is 2.43. The highest BCUT2D eigenvalue weighted by Crippen LogP contribution is 2.27. The zero-order valence-electron chi connectivity index (χ0n) is 10.6. The molecule has 98 valence electrons. The summed E-state index contributed by atoms with van der Waals surface area (Å²) in [5.74, 6) is 0. The van der Waals surface area contributed by atoms with Crippen LogP contribution in [0.3, 0.4) is 0 Å². The molecule has 1 saturated heterocycles. The van der Waals surface area contributed by atoms with Crippen LogP contribution in [-0.2, 0) is 9.47 Å². The van der Waals surface area contributed by atoms with Crippen molar-refractivity contribution in [3.05, 3.63) is 0 Å². The Hall–Kier alpha value is -0.970. The molecule has 0 radical (unpaired) electrons. The van der Waals surface area contributed by atoms with Crippen molar-refractivity contribution in [2.75, 3.05) is 13.1 Å². The van der Waals surface area contributed by atoms with Gasteiger partial charge < -0.3 is 14.4 Å². The van der Waals surface area contributed by atoms with Crippen molar-refractivity contribution in [1.29, 1.82) is 0 Å². The molecule has 1 atom stereocenters. The first-order valence-electron chi connectivity index (χ1n) is 5.48. The average molecular weight is 264 g/mol. The van der Waals surface area contributed by atoms with Gasteiger partial charge in [-0.3, -0.25) is 0 Å². The Morgan fingerprint density at radius 1 is 1.35 bits per heavy atom. The lowest BCUT2D eigenvalue weighted by Crippen LogP contribution is -2.39. The first-order chi connectivity index (χ1) is 7.61. The van der Waals surface area contributed by atoms with Gasteiger partial charge in [0.15, 0.2) is 0 Å². The van der Waals surface area contributed by atoms with Crippen LogP contribution >= 0.6 is 11.6 Å². The van der Waals surface area contributed by atoms with Crippen LogP contribution in [0, 0.1) is 0 Å². The van der Waals surface area contributed by atoms with E-state index in [1.54, 1.807) is 27.7 Å². The third-order valence-electron chi connectivity index (χ3n) is 2.41. The molecule has 1 fully saturated rings. The minimum atomic E-state index is -0.849. The first kappa shape index (κ1) is 14.1. The van der Waals surface area contributed by atoms with Gasteiger partial charge in [0.05, 0.1) is 6.54 Å². The van der Waals surface area contributed by atoms with E-state index in [0.717, 1.165) is 0 Å². The molecule has 0 saturated carbocycles. The van der Waals surface area contributed by atoms with Gasteiger partial charge in [0.2, 0.25) is 0 Å². The quantitative estimate of drug-likeness (QED) is 0.683. The number of hydrogen-bond acceptors (Lipinski definition) is 4. The molecule has 1 rings (SSSR count). The maximum absolute atomic E-state index is 11.8. The largest absolute Gasteiger partial charge is 0.445 e. The summed E-state index contributed by atoms with van der Waals surface area (Å²) >= 11 is 5.19. The summed E-state index contributed by atoms with van der Waals surface area (Å²) in [6.07, 6.45) is 0.164. The van der Waals surface area contributed by atoms with E-state index in [1.807, 2.05) is 0 Å². The number of ether oxygens (including phenoxy) is 2. The second-order valence-corrected chi connectivity index (χ2v) is 5.75. The molecule has 0 aromatic rings. The van der Waals surface area contributed by atoms with Crippen LogP contribution in [0.25, 0.3) is 0 Å². The lowest BCUT2D eigenvalue weighted by molar-refractivity contribution is 0.0168. The zero-order valence-corrected chi connectivity index (χ0v) is 11.3. The van der Waals surface area contributed by atoms with Crippen molar-refractivity contribution in [2.24, 2.45) is 0 Å². The number of nitrogens with zero attached hydrogens (tertiary/aromatic N) is 1. The highest BCUT2D eigenvalue weighted by molar-refractivity contribution is 6.61. The smallest absolute Gasteiger partial charge is 0.410 e. The van der Waals surface area contributed by atoms with Gasteiger partial charge in [-0.25, -0.2) is 9.59 Å². The maximum atomic E-state index is 11.8. The van der Waals surface area contributed by atoms with Gasteiger partial charge in [-0.05, 0) is 27.7 Å². The van der Waals surface area contributed by atoms with Crippen molar-refractivity contribution < 1.29 is 19.1 Å². The molecule has 1 aliphatic rings. The first-order valence-corrected chi connectivity index (χ1v) is 5.85. The van der Waals surface area contributed by atoms with Gasteiger partial charge in [0.25, 0.3) is 0 Å². The Labute approximate surface area is 106 Å². The van der Waals surface area contributed by atoms with E-state index < -0.39 is 22.7 Å². The van der Waals surface area contributed by atoms with Crippen LogP contribution in [0.4, 0.5) is 9.59 Å². The highest BCUT2D eigenvalue weighted by Gasteiger charge is 2.40. The molecule has 1 heterocycles. The molecule has 5 nitrogen and oxygen atoms in total. The zero-order chi connectivity index (χ0) is 13.3. The Morgan fingerprint density at radius 3 is 2.41 bits per heavy atom. The summed E-state index contributed by atoms with van der Waals surface area (Å²) in [4.78, 5) is 24.0. The van der Waals surface area contributed by atoms with Crippen LogP contribution in [0.5, 0.6) is 0 Å². The Bertz CT molecular complexity index is 326. The molecule has 0 N–H and O–H groups in total. The van der Waals surface area contributed by atoms with E-state index in [1.165, 1.54) is 4.90 Å². The second-order valence-electron chi connectivity index (χ2n) is 5.44. The fourth-order valence-corrected chi connectivity index (χ4v) is 1.88. The predicted octanol–water partition coefficient (Wildman–Crippen LogP) is 2.76. The van der Waals surface area contributed by atoms with Crippen LogP contribution in [0.15, 0.2) is 0 Å². The molecule has 17 heavy (non-hydrogen) atoms. The normalized spacial score (nSPS) is 24.6. The SMILES string of the molecule is CC(C)(C)OC(=O)N1CC[C@](C)(OC(=O)Cl)C1. The van der Waals surface area contributed by atoms with Gasteiger partial charge in [-0.15, -0.1) is 0 Å². The van der Waals surface area contributed by atoms with Crippen molar-refractivity contribution in [3.63, 3.8) is 0 Å². The lowest BCUT2D eigenvalue weighted by Gasteiger charge is -2.26. The van der Waals surface area contributed by atoms with E-state index in [9.17, 15) is 9.59 Å². The molecule has 1 amide bonds. The minimum Gasteiger partial charge on any atom is -0.445 e. The van der Waals surface area contributed by atoms with Gasteiger partial charge >= 0.3 is 11.5 Å². The number of likely N-dealkylation sites (tertiary alicyclic amines) is 1. The predicted molar refractivity (Wildman–Crippen MR) is 63.2 cm³/mol. The van der Waals surface area contributed by atoms with E-state index in [4.69, 9.17) is 21.1 Å². The van der Waals surface area contributed by atoms with Gasteiger partial charge in [-0.2, -0.15) is 0 Å². The van der Waals surface area contributed by atoms with E-state index >= 15 is 0 Å². The van der Waals surface area contributed by atoms with Crippen LogP contribution in [0.1, 0.15) is 34.1 Å². The topological polar surface area (TPSA) is 55.8 Å². The molecule has 1 aliphatic heterocycles. The van der Waals surface area contributed by atoms with Crippen molar-refractivity contribution in [1.82, 2.24) is 4.90 Å². The van der Waals surface area contributed by atoms with Gasteiger partial charge in [0, 0.05) is 24.6 Å². The van der Waals surface area contributed by atoms with Gasteiger partial charge in [-0.1, -0.05) is 0 Å². The van der Waals surface area contributed by atoms with Crippen LogP contribution in [0.2, 0.25) is 0 Å². The van der Waals surface area contributed by atoms with Crippen molar-refractivity contribution in [3.8, 4) is 0 Å². The molecular formula is C11H18ClNO4. The molecule has 0 spiro atoms. The Morgan fingerprint density at radius 2 is 1.94 bits per heavy atom. The van der Waals surface area contributed by atoms with E-state index in [2.05, 4.69) is 0 Å². The monoisotopic (exact) mass is 263 g/mol. The number of carbonyl (C=O) groups is 2. The number of rotatable bonds is 1. The third kappa shape index (κ3) is 4.42. The molecule has 0 bridgehead atoms. The molecule has 0 aliphatic carbocycles. The van der Waals surface area contributed by atoms with Crippen molar-refractivity contribution >= 4 is 23.1 Å². The van der Waals surface area contributed by atoms with E-state index in [0.29, 0.717) is 19.5 Å². The number of hydrogen-bond donors (Lipinski definition) is 0. The summed E-state index contributed by atoms with van der Waals surface area (Å²) in [6, 6.07) is 0. The lowest BCUT2D eigenvalue weighted by atomic mass is 10.1.